The van der Waals surface area contributed by atoms with Crippen LogP contribution in [0.1, 0.15) is 83.7 Å². The summed E-state index contributed by atoms with van der Waals surface area (Å²) in [5, 5.41) is 10.5. The number of amides is 4. The number of fused-ring (bicyclic) bond motifs is 2. The number of piperazine rings is 1. The molecule has 5 aromatic rings. The molecule has 4 amide bonds. The van der Waals surface area contributed by atoms with Gasteiger partial charge in [0.2, 0.25) is 11.8 Å². The van der Waals surface area contributed by atoms with Gasteiger partial charge in [-0.15, -0.1) is 5.10 Å². The molecule has 2 N–H and O–H groups in total. The molecule has 3 fully saturated rings. The van der Waals surface area contributed by atoms with Crippen molar-refractivity contribution < 1.29 is 28.4 Å². The quantitative estimate of drug-likeness (QED) is 0.113. The molecule has 0 saturated carbocycles. The first-order valence-electron chi connectivity index (χ1n) is 21.1. The number of pyridine rings is 1. The highest BCUT2D eigenvalue weighted by molar-refractivity contribution is 6.25. The predicted molar refractivity (Wildman–Crippen MR) is 226 cm³/mol. The van der Waals surface area contributed by atoms with Gasteiger partial charge in [0, 0.05) is 57.8 Å². The fourth-order valence-electron chi connectivity index (χ4n) is 9.01. The van der Waals surface area contributed by atoms with E-state index in [1.54, 1.807) is 36.5 Å². The van der Waals surface area contributed by atoms with Gasteiger partial charge in [0.25, 0.3) is 11.8 Å². The van der Waals surface area contributed by atoms with Crippen molar-refractivity contribution in [2.24, 2.45) is 0 Å². The molecule has 2 aromatic carbocycles. The highest BCUT2D eigenvalue weighted by Crippen LogP contribution is 2.36. The summed E-state index contributed by atoms with van der Waals surface area (Å²) in [5.74, 6) is -0.490. The topological polar surface area (TPSA) is 165 Å². The molecule has 9 rings (SSSR count). The Morgan fingerprint density at radius 1 is 0.836 bits per heavy atom. The number of imide groups is 2. The lowest BCUT2D eigenvalue weighted by Crippen LogP contribution is -2.54. The van der Waals surface area contributed by atoms with Crippen molar-refractivity contribution in [3.63, 3.8) is 0 Å². The van der Waals surface area contributed by atoms with Gasteiger partial charge >= 0.3 is 0 Å². The van der Waals surface area contributed by atoms with Gasteiger partial charge in [-0.3, -0.25) is 39.1 Å². The van der Waals surface area contributed by atoms with E-state index < -0.39 is 29.7 Å². The Hall–Kier alpha value is -6.55. The minimum atomic E-state index is -1.01. The first-order chi connectivity index (χ1) is 29.7. The number of Topliss-reactive ketones (excluding diaryl/α,β-unsaturated/α-hetero) is 1. The van der Waals surface area contributed by atoms with Crippen molar-refractivity contribution in [1.29, 1.82) is 0 Å². The molecular formula is C45H47FN10O5. The second-order valence-corrected chi connectivity index (χ2v) is 16.1. The minimum Gasteiger partial charge on any atom is -0.384 e. The Kier molecular flexibility index (Phi) is 11.2. The number of aromatic nitrogens is 4. The molecule has 0 spiro atoms. The van der Waals surface area contributed by atoms with Crippen molar-refractivity contribution in [3.05, 3.63) is 102 Å². The number of piperidine rings is 1. The van der Waals surface area contributed by atoms with Crippen molar-refractivity contribution in [2.45, 2.75) is 63.5 Å². The lowest BCUT2D eigenvalue weighted by molar-refractivity contribution is -0.136. The minimum absolute atomic E-state index is 0.0493. The van der Waals surface area contributed by atoms with Crippen LogP contribution in [0.4, 0.5) is 21.7 Å². The molecule has 3 saturated heterocycles. The van der Waals surface area contributed by atoms with Crippen LogP contribution in [0.3, 0.4) is 0 Å². The maximum absolute atomic E-state index is 14.1. The van der Waals surface area contributed by atoms with Gasteiger partial charge in [0.15, 0.2) is 5.65 Å². The third kappa shape index (κ3) is 8.19. The molecule has 1 unspecified atom stereocenters. The van der Waals surface area contributed by atoms with Crippen LogP contribution >= 0.6 is 0 Å². The Bertz CT molecular complexity index is 2520. The van der Waals surface area contributed by atoms with Gasteiger partial charge in [0.05, 0.1) is 35.6 Å². The summed E-state index contributed by atoms with van der Waals surface area (Å²) in [5.41, 5.74) is 4.22. The lowest BCUT2D eigenvalue weighted by Gasteiger charge is -2.35. The SMILES string of the molecule is O=C(CCCCCNc1cccc2c1C(=O)N(C1CCC(=O)NC1=O)C2=O)CN1CCN(c2cccc(-c3cnc4ccc(N5CCC[C@@H]5c5cccc(F)c5)nn34)n2)CC1. The number of carbonyl (C=O) groups excluding carboxylic acids is 5. The first-order valence-corrected chi connectivity index (χ1v) is 21.1. The van der Waals surface area contributed by atoms with E-state index in [0.29, 0.717) is 25.2 Å². The maximum Gasteiger partial charge on any atom is 0.264 e. The second kappa shape index (κ2) is 17.2. The Balaban J connectivity index is 0.733. The molecule has 61 heavy (non-hydrogen) atoms. The number of nitrogens with one attached hydrogen (secondary N) is 2. The fourth-order valence-corrected chi connectivity index (χ4v) is 9.01. The van der Waals surface area contributed by atoms with E-state index in [2.05, 4.69) is 30.3 Å². The molecule has 7 heterocycles. The van der Waals surface area contributed by atoms with Gasteiger partial charge in [-0.2, -0.15) is 0 Å². The van der Waals surface area contributed by atoms with E-state index in [9.17, 15) is 28.4 Å². The molecule has 2 atom stereocenters. The molecule has 15 nitrogen and oxygen atoms in total. The van der Waals surface area contributed by atoms with Crippen LogP contribution in [0.25, 0.3) is 17.0 Å². The van der Waals surface area contributed by atoms with Crippen LogP contribution in [0.2, 0.25) is 0 Å². The number of hydrogen-bond donors (Lipinski definition) is 2. The fraction of sp³-hybridized carbons (Fsp3) is 0.378. The zero-order chi connectivity index (χ0) is 42.0. The number of anilines is 3. The molecular weight excluding hydrogens is 780 g/mol. The molecule has 314 valence electrons. The molecule has 3 aromatic heterocycles. The molecule has 16 heteroatoms. The molecule has 0 radical (unpaired) electrons. The summed E-state index contributed by atoms with van der Waals surface area (Å²) in [7, 11) is 0. The number of ketones is 1. The standard InChI is InChI=1S/C45H47FN10O5/c46-30-9-4-8-29(26-30)35-14-7-21-54(35)40-18-17-38-48-27-37(56(38)51-40)33-12-6-15-39(49-33)53-24-22-52(23-25-53)28-31(57)10-2-1-3-20-47-34-13-5-11-32-42(34)45(61)55(44(32)60)36-16-19-41(58)50-43(36)59/h4-6,8-9,11-13,15,17-18,26-27,35-36,47H,1-3,7,10,14,16,19-25,28H2,(H,50,58,59)/t35-,36?/m1/s1. The largest absolute Gasteiger partial charge is 0.384 e. The average molecular weight is 827 g/mol. The zero-order valence-electron chi connectivity index (χ0n) is 33.8. The molecule has 0 bridgehead atoms. The number of halogens is 1. The average Bonchev–Trinajstić information content (AvgIpc) is 3.99. The third-order valence-corrected chi connectivity index (χ3v) is 12.1. The number of carbonyl (C=O) groups is 5. The van der Waals surface area contributed by atoms with Crippen molar-refractivity contribution in [1.82, 2.24) is 34.7 Å². The number of rotatable bonds is 14. The normalized spacial score (nSPS) is 19.5. The van der Waals surface area contributed by atoms with Crippen molar-refractivity contribution >= 4 is 52.4 Å². The highest BCUT2D eigenvalue weighted by atomic mass is 19.1. The first kappa shape index (κ1) is 39.9. The third-order valence-electron chi connectivity index (χ3n) is 12.1. The Morgan fingerprint density at radius 2 is 1.67 bits per heavy atom. The zero-order valence-corrected chi connectivity index (χ0v) is 33.8. The van der Waals surface area contributed by atoms with Crippen molar-refractivity contribution in [3.8, 4) is 11.4 Å². The molecule has 0 aliphatic carbocycles. The summed E-state index contributed by atoms with van der Waals surface area (Å²) < 4.78 is 15.9. The van der Waals surface area contributed by atoms with Crippen LogP contribution < -0.4 is 20.4 Å². The van der Waals surface area contributed by atoms with E-state index >= 15 is 0 Å². The van der Waals surface area contributed by atoms with Crippen molar-refractivity contribution in [2.75, 3.05) is 60.9 Å². The number of imidazole rings is 1. The highest BCUT2D eigenvalue weighted by Gasteiger charge is 2.45. The van der Waals surface area contributed by atoms with Gasteiger partial charge < -0.3 is 15.1 Å². The Morgan fingerprint density at radius 3 is 2.51 bits per heavy atom. The summed E-state index contributed by atoms with van der Waals surface area (Å²) in [6.45, 7) is 4.75. The number of unbranched alkanes of at least 4 members (excludes halogenated alkanes) is 2. The van der Waals surface area contributed by atoms with Crippen LogP contribution in [-0.2, 0) is 14.4 Å². The van der Waals surface area contributed by atoms with E-state index in [4.69, 9.17) is 10.1 Å². The van der Waals surface area contributed by atoms with Crippen LogP contribution in [0.5, 0.6) is 0 Å². The number of hydrogen-bond acceptors (Lipinski definition) is 12. The van der Waals surface area contributed by atoms with E-state index in [-0.39, 0.29) is 41.6 Å². The summed E-state index contributed by atoms with van der Waals surface area (Å²) >= 11 is 0. The van der Waals surface area contributed by atoms with Gasteiger partial charge in [-0.25, -0.2) is 18.9 Å². The van der Waals surface area contributed by atoms with E-state index in [1.807, 2.05) is 40.9 Å². The number of nitrogens with zero attached hydrogens (tertiary/aromatic N) is 8. The van der Waals surface area contributed by atoms with E-state index in [0.717, 1.165) is 104 Å². The summed E-state index contributed by atoms with van der Waals surface area (Å²) in [4.78, 5) is 80.8. The second-order valence-electron chi connectivity index (χ2n) is 16.1. The van der Waals surface area contributed by atoms with E-state index in [1.165, 1.54) is 6.07 Å². The molecule has 4 aliphatic heterocycles. The smallest absolute Gasteiger partial charge is 0.264 e. The predicted octanol–water partition coefficient (Wildman–Crippen LogP) is 5.04. The van der Waals surface area contributed by atoms with Gasteiger partial charge in [-0.05, 0) is 86.2 Å². The van der Waals surface area contributed by atoms with Gasteiger partial charge in [-0.1, -0.05) is 30.7 Å². The van der Waals surface area contributed by atoms with Crippen LogP contribution in [0, 0.1) is 5.82 Å². The monoisotopic (exact) mass is 826 g/mol. The number of benzene rings is 2. The maximum atomic E-state index is 14.1. The lowest BCUT2D eigenvalue weighted by atomic mass is 10.0. The Labute approximate surface area is 351 Å². The van der Waals surface area contributed by atoms with Crippen LogP contribution in [0.15, 0.2) is 79.0 Å². The summed E-state index contributed by atoms with van der Waals surface area (Å²) in [6, 6.07) is 20.8. The molecule has 4 aliphatic rings. The summed E-state index contributed by atoms with van der Waals surface area (Å²) in [6.07, 6.45) is 6.70. The van der Waals surface area contributed by atoms with Gasteiger partial charge in [0.1, 0.15) is 35.0 Å². The van der Waals surface area contributed by atoms with Crippen LogP contribution in [-0.4, -0.2) is 111 Å².